The molecule has 32 heavy (non-hydrogen) atoms. The van der Waals surface area contributed by atoms with Gasteiger partial charge in [0.25, 0.3) is 10.0 Å². The number of hydrogen-bond acceptors (Lipinski definition) is 5. The topological polar surface area (TPSA) is 74.8 Å². The second-order valence-electron chi connectivity index (χ2n) is 8.18. The first-order chi connectivity index (χ1) is 15.4. The van der Waals surface area contributed by atoms with Crippen molar-refractivity contribution in [2.75, 3.05) is 23.9 Å². The van der Waals surface area contributed by atoms with Crippen molar-refractivity contribution < 1.29 is 18.0 Å². The van der Waals surface area contributed by atoms with E-state index in [4.69, 9.17) is 0 Å². The van der Waals surface area contributed by atoms with Crippen molar-refractivity contribution in [3.05, 3.63) is 75.8 Å². The predicted octanol–water partition coefficient (Wildman–Crippen LogP) is 4.18. The van der Waals surface area contributed by atoms with Gasteiger partial charge in [0.1, 0.15) is 5.70 Å². The van der Waals surface area contributed by atoms with Crippen molar-refractivity contribution in [3.8, 4) is 0 Å². The van der Waals surface area contributed by atoms with E-state index in [2.05, 4.69) is 0 Å². The van der Waals surface area contributed by atoms with Crippen LogP contribution in [0, 0.1) is 0 Å². The molecule has 1 aliphatic heterocycles. The normalized spacial score (nSPS) is 16.1. The standard InChI is InChI=1S/C25H28N2O4S/c1-3-15-26(16-4-2)22-23(28)19-12-6-7-13-20(19)24(29)25(22)32(30,31)27-17-9-11-18-10-5-8-14-21(18)27/h5-8,10,12-14H,3-4,9,11,15-17H2,1-2H3. The van der Waals surface area contributed by atoms with Gasteiger partial charge in [0, 0.05) is 30.8 Å². The van der Waals surface area contributed by atoms with E-state index >= 15 is 0 Å². The Kier molecular flexibility index (Phi) is 6.20. The summed E-state index contributed by atoms with van der Waals surface area (Å²) in [5.41, 5.74) is 1.95. The summed E-state index contributed by atoms with van der Waals surface area (Å²) in [5, 5.41) is 0. The largest absolute Gasteiger partial charge is 0.367 e. The fraction of sp³-hybridized carbons (Fsp3) is 0.360. The number of rotatable bonds is 7. The summed E-state index contributed by atoms with van der Waals surface area (Å²) in [7, 11) is -4.25. The van der Waals surface area contributed by atoms with E-state index in [9.17, 15) is 18.0 Å². The lowest BCUT2D eigenvalue weighted by Gasteiger charge is -2.35. The van der Waals surface area contributed by atoms with Crippen LogP contribution in [0.25, 0.3) is 0 Å². The highest BCUT2D eigenvalue weighted by Gasteiger charge is 2.44. The number of nitrogens with zero attached hydrogens (tertiary/aromatic N) is 2. The van der Waals surface area contributed by atoms with Crippen LogP contribution in [0.2, 0.25) is 0 Å². The molecule has 0 bridgehead atoms. The third kappa shape index (κ3) is 3.64. The summed E-state index contributed by atoms with van der Waals surface area (Å²) in [4.78, 5) is 28.6. The van der Waals surface area contributed by atoms with Crippen LogP contribution in [0.1, 0.15) is 59.4 Å². The van der Waals surface area contributed by atoms with Gasteiger partial charge in [0.05, 0.1) is 5.69 Å². The highest BCUT2D eigenvalue weighted by Crippen LogP contribution is 2.37. The Balaban J connectivity index is 1.96. The first-order valence-corrected chi connectivity index (χ1v) is 12.6. The lowest BCUT2D eigenvalue weighted by molar-refractivity contribution is 0.0946. The van der Waals surface area contributed by atoms with Crippen molar-refractivity contribution in [2.45, 2.75) is 39.5 Å². The van der Waals surface area contributed by atoms with Crippen LogP contribution in [-0.2, 0) is 16.4 Å². The molecular weight excluding hydrogens is 424 g/mol. The number of para-hydroxylation sites is 1. The minimum Gasteiger partial charge on any atom is -0.367 e. The number of aryl methyl sites for hydroxylation is 1. The van der Waals surface area contributed by atoms with Crippen LogP contribution in [-0.4, -0.2) is 44.5 Å². The van der Waals surface area contributed by atoms with E-state index in [1.165, 1.54) is 10.4 Å². The first-order valence-electron chi connectivity index (χ1n) is 11.2. The molecule has 1 heterocycles. The van der Waals surface area contributed by atoms with Crippen LogP contribution in [0.15, 0.2) is 59.1 Å². The van der Waals surface area contributed by atoms with E-state index in [1.54, 1.807) is 35.2 Å². The lowest BCUT2D eigenvalue weighted by atomic mass is 9.91. The second-order valence-corrected chi connectivity index (χ2v) is 9.98. The summed E-state index contributed by atoms with van der Waals surface area (Å²) < 4.78 is 29.4. The molecule has 0 radical (unpaired) electrons. The molecule has 2 aromatic carbocycles. The van der Waals surface area contributed by atoms with Crippen LogP contribution in [0.4, 0.5) is 5.69 Å². The molecule has 0 aromatic heterocycles. The van der Waals surface area contributed by atoms with Crippen LogP contribution in [0.5, 0.6) is 0 Å². The number of allylic oxidation sites excluding steroid dienone is 2. The lowest BCUT2D eigenvalue weighted by Crippen LogP contribution is -2.43. The predicted molar refractivity (Wildman–Crippen MR) is 125 cm³/mol. The smallest absolute Gasteiger partial charge is 0.270 e. The van der Waals surface area contributed by atoms with E-state index in [1.807, 2.05) is 26.0 Å². The molecule has 0 fully saturated rings. The maximum atomic E-state index is 14.1. The molecule has 2 aliphatic rings. The van der Waals surface area contributed by atoms with Crippen LogP contribution >= 0.6 is 0 Å². The van der Waals surface area contributed by atoms with Crippen LogP contribution in [0.3, 0.4) is 0 Å². The highest BCUT2D eigenvalue weighted by molar-refractivity contribution is 7.97. The molecule has 168 valence electrons. The number of Topliss-reactive ketones (excluding diaryl/α,β-unsaturated/α-hetero) is 2. The Labute approximate surface area is 189 Å². The SMILES string of the molecule is CCCN(CCC)C1=C(S(=O)(=O)N2CCCc3ccccc32)C(=O)c2ccccc2C1=O. The van der Waals surface area contributed by atoms with Gasteiger partial charge < -0.3 is 4.90 Å². The highest BCUT2D eigenvalue weighted by atomic mass is 32.2. The number of anilines is 1. The van der Waals surface area contributed by atoms with Gasteiger partial charge >= 0.3 is 0 Å². The first kappa shape index (κ1) is 22.3. The van der Waals surface area contributed by atoms with Gasteiger partial charge in [0.2, 0.25) is 11.6 Å². The second kappa shape index (κ2) is 8.90. The van der Waals surface area contributed by atoms with Gasteiger partial charge in [-0.3, -0.25) is 13.9 Å². The van der Waals surface area contributed by atoms with E-state index in [0.29, 0.717) is 25.2 Å². The molecule has 4 rings (SSSR count). The molecule has 0 N–H and O–H groups in total. The van der Waals surface area contributed by atoms with Crippen molar-refractivity contribution in [2.24, 2.45) is 0 Å². The van der Waals surface area contributed by atoms with E-state index in [-0.39, 0.29) is 28.3 Å². The van der Waals surface area contributed by atoms with Gasteiger partial charge in [-0.1, -0.05) is 56.3 Å². The maximum Gasteiger partial charge on any atom is 0.270 e. The summed E-state index contributed by atoms with van der Waals surface area (Å²) >= 11 is 0. The Hall–Kier alpha value is -2.93. The average molecular weight is 453 g/mol. The number of ketones is 2. The van der Waals surface area contributed by atoms with E-state index in [0.717, 1.165) is 24.8 Å². The van der Waals surface area contributed by atoms with Gasteiger partial charge in [-0.15, -0.1) is 0 Å². The molecule has 7 heteroatoms. The molecule has 0 saturated heterocycles. The molecule has 0 unspecified atom stereocenters. The molecule has 1 aliphatic carbocycles. The summed E-state index contributed by atoms with van der Waals surface area (Å²) in [6, 6.07) is 13.9. The van der Waals surface area contributed by atoms with Crippen molar-refractivity contribution >= 4 is 27.3 Å². The third-order valence-corrected chi connectivity index (χ3v) is 7.83. The number of fused-ring (bicyclic) bond motifs is 2. The Morgan fingerprint density at radius 2 is 1.47 bits per heavy atom. The van der Waals surface area contributed by atoms with Gasteiger partial charge in [-0.2, -0.15) is 0 Å². The molecule has 0 spiro atoms. The van der Waals surface area contributed by atoms with Crippen molar-refractivity contribution in [1.29, 1.82) is 0 Å². The maximum absolute atomic E-state index is 14.1. The average Bonchev–Trinajstić information content (AvgIpc) is 2.80. The number of carbonyl (C=O) groups excluding carboxylic acids is 2. The summed E-state index contributed by atoms with van der Waals surface area (Å²) in [5.74, 6) is -0.999. The minimum absolute atomic E-state index is 0.0143. The van der Waals surface area contributed by atoms with Gasteiger partial charge in [-0.05, 0) is 37.3 Å². The molecule has 2 aromatic rings. The monoisotopic (exact) mass is 452 g/mol. The molecule has 0 saturated carbocycles. The van der Waals surface area contributed by atoms with Crippen molar-refractivity contribution in [1.82, 2.24) is 4.90 Å². The zero-order chi connectivity index (χ0) is 22.9. The molecular formula is C25H28N2O4S. The zero-order valence-electron chi connectivity index (χ0n) is 18.5. The molecule has 0 atom stereocenters. The quantitative estimate of drug-likeness (QED) is 0.630. The molecule has 0 amide bonds. The van der Waals surface area contributed by atoms with Crippen molar-refractivity contribution in [3.63, 3.8) is 0 Å². The number of carbonyl (C=O) groups is 2. The summed E-state index contributed by atoms with van der Waals surface area (Å²) in [6.07, 6.45) is 2.89. The summed E-state index contributed by atoms with van der Waals surface area (Å²) in [6.45, 7) is 5.23. The fourth-order valence-electron chi connectivity index (χ4n) is 4.60. The number of benzene rings is 2. The van der Waals surface area contributed by atoms with Crippen LogP contribution < -0.4 is 4.31 Å². The zero-order valence-corrected chi connectivity index (χ0v) is 19.3. The minimum atomic E-state index is -4.25. The molecule has 6 nitrogen and oxygen atoms in total. The Morgan fingerprint density at radius 3 is 2.12 bits per heavy atom. The van der Waals surface area contributed by atoms with Gasteiger partial charge in [-0.25, -0.2) is 8.42 Å². The number of sulfonamides is 1. The third-order valence-electron chi connectivity index (χ3n) is 5.97. The van der Waals surface area contributed by atoms with E-state index < -0.39 is 21.6 Å². The number of hydrogen-bond donors (Lipinski definition) is 0. The Morgan fingerprint density at radius 1 is 0.875 bits per heavy atom. The Bertz CT molecular complexity index is 1190. The fourth-order valence-corrected chi connectivity index (χ4v) is 6.44. The van der Waals surface area contributed by atoms with Gasteiger partial charge in [0.15, 0.2) is 4.91 Å².